The molecule has 0 spiro atoms. The normalized spacial score (nSPS) is 21.6. The largest absolute Gasteiger partial charge is 0.443 e. The van der Waals surface area contributed by atoms with Crippen molar-refractivity contribution in [1.29, 1.82) is 0 Å². The summed E-state index contributed by atoms with van der Waals surface area (Å²) >= 11 is 0. The van der Waals surface area contributed by atoms with E-state index in [1.165, 1.54) is 12.1 Å². The average molecular weight is 323 g/mol. The third-order valence-corrected chi connectivity index (χ3v) is 5.35. The van der Waals surface area contributed by atoms with Crippen molar-refractivity contribution in [1.82, 2.24) is 4.31 Å². The third kappa shape index (κ3) is 3.02. The van der Waals surface area contributed by atoms with E-state index < -0.39 is 28.3 Å². The van der Waals surface area contributed by atoms with Crippen LogP contribution in [0.5, 0.6) is 0 Å². The monoisotopic (exact) mass is 323 g/mol. The third-order valence-electron chi connectivity index (χ3n) is 3.57. The Morgan fingerprint density at radius 2 is 1.86 bits per heavy atom. The van der Waals surface area contributed by atoms with Gasteiger partial charge in [0.15, 0.2) is 0 Å². The van der Waals surface area contributed by atoms with Gasteiger partial charge in [-0.25, -0.2) is 13.2 Å². The van der Waals surface area contributed by atoms with E-state index in [2.05, 4.69) is 0 Å². The Balaban J connectivity index is 2.49. The number of hydrogen-bond donors (Lipinski definition) is 0. The molecule has 0 radical (unpaired) electrons. The topological polar surface area (TPSA) is 63.7 Å². The molecule has 1 aromatic carbocycles. The summed E-state index contributed by atoms with van der Waals surface area (Å²) in [5.74, 6) is 0. The highest BCUT2D eigenvalue weighted by atomic mass is 32.2. The fourth-order valence-corrected chi connectivity index (χ4v) is 3.91. The van der Waals surface area contributed by atoms with Crippen LogP contribution in [0.15, 0.2) is 40.8 Å². The first-order valence-electron chi connectivity index (χ1n) is 7.24. The number of allylic oxidation sites excluding steroid dienone is 1. The predicted octanol–water partition coefficient (Wildman–Crippen LogP) is 3.25. The van der Waals surface area contributed by atoms with E-state index in [4.69, 9.17) is 4.74 Å². The summed E-state index contributed by atoms with van der Waals surface area (Å²) in [7, 11) is -3.93. The van der Waals surface area contributed by atoms with Crippen LogP contribution >= 0.6 is 0 Å². The molecule has 1 fully saturated rings. The number of nitrogens with zero attached hydrogens (tertiary/aromatic N) is 1. The summed E-state index contributed by atoms with van der Waals surface area (Å²) in [6.07, 6.45) is 1.06. The molecule has 6 heteroatoms. The quantitative estimate of drug-likeness (QED) is 0.798. The summed E-state index contributed by atoms with van der Waals surface area (Å²) in [4.78, 5) is 12.2. The lowest BCUT2D eigenvalue weighted by atomic mass is 10.1. The lowest BCUT2D eigenvalue weighted by molar-refractivity contribution is 0.132. The molecule has 5 nitrogen and oxygen atoms in total. The summed E-state index contributed by atoms with van der Waals surface area (Å²) in [5, 5.41) is 0. The fraction of sp³-hybridized carbons (Fsp3) is 0.438. The number of carbonyl (C=O) groups is 1. The van der Waals surface area contributed by atoms with Crippen LogP contribution in [0, 0.1) is 6.92 Å². The zero-order valence-corrected chi connectivity index (χ0v) is 14.1. The van der Waals surface area contributed by atoms with Gasteiger partial charge in [0.25, 0.3) is 10.0 Å². The van der Waals surface area contributed by atoms with Crippen molar-refractivity contribution < 1.29 is 17.9 Å². The molecule has 1 heterocycles. The van der Waals surface area contributed by atoms with E-state index >= 15 is 0 Å². The van der Waals surface area contributed by atoms with E-state index in [1.807, 2.05) is 27.7 Å². The molecule has 0 unspecified atom stereocenters. The molecule has 0 aliphatic carbocycles. The first-order chi connectivity index (χ1) is 10.3. The summed E-state index contributed by atoms with van der Waals surface area (Å²) < 4.78 is 31.7. The van der Waals surface area contributed by atoms with Gasteiger partial charge in [-0.15, -0.1) is 0 Å². The Hall–Kier alpha value is -1.82. The van der Waals surface area contributed by atoms with E-state index in [0.29, 0.717) is 6.42 Å². The number of carbonyl (C=O) groups excluding carboxylic acids is 1. The standard InChI is InChI=1S/C16H21NO4S/c1-5-15-14(10-11(2)3)17(16(18)21-15)22(19,20)13-8-6-12(4)7-9-13/h6-10,14-15H,5H2,1-4H3/t14-,15-/m1/s1. The molecule has 1 saturated heterocycles. The van der Waals surface area contributed by atoms with Crippen molar-refractivity contribution in [2.45, 2.75) is 51.2 Å². The maximum absolute atomic E-state index is 12.8. The Labute approximate surface area is 131 Å². The Kier molecular flexibility index (Phi) is 4.60. The van der Waals surface area contributed by atoms with Gasteiger partial charge in [0.1, 0.15) is 12.1 Å². The van der Waals surface area contributed by atoms with Crippen molar-refractivity contribution in [3.05, 3.63) is 41.5 Å². The maximum atomic E-state index is 12.8. The minimum absolute atomic E-state index is 0.0963. The van der Waals surface area contributed by atoms with Crippen LogP contribution in [-0.2, 0) is 14.8 Å². The molecule has 1 amide bonds. The molecule has 0 bridgehead atoms. The van der Waals surface area contributed by atoms with E-state index in [-0.39, 0.29) is 4.90 Å². The molecule has 2 atom stereocenters. The second-order valence-electron chi connectivity index (χ2n) is 5.68. The van der Waals surface area contributed by atoms with Crippen LogP contribution in [-0.4, -0.2) is 31.0 Å². The molecular weight excluding hydrogens is 302 g/mol. The number of amides is 1. The molecule has 1 aliphatic rings. The number of rotatable bonds is 4. The van der Waals surface area contributed by atoms with Crippen LogP contribution in [0.3, 0.4) is 0 Å². The zero-order valence-electron chi connectivity index (χ0n) is 13.2. The van der Waals surface area contributed by atoms with Crippen molar-refractivity contribution in [2.24, 2.45) is 0 Å². The Bertz CT molecular complexity index is 687. The van der Waals surface area contributed by atoms with Crippen molar-refractivity contribution in [3.63, 3.8) is 0 Å². The van der Waals surface area contributed by atoms with Gasteiger partial charge < -0.3 is 4.74 Å². The lowest BCUT2D eigenvalue weighted by Crippen LogP contribution is -2.40. The minimum atomic E-state index is -3.93. The summed E-state index contributed by atoms with van der Waals surface area (Å²) in [6, 6.07) is 5.84. The van der Waals surface area contributed by atoms with Crippen LogP contribution in [0.25, 0.3) is 0 Å². The number of ether oxygens (including phenoxy) is 1. The highest BCUT2D eigenvalue weighted by Gasteiger charge is 2.46. The Morgan fingerprint density at radius 1 is 1.27 bits per heavy atom. The van der Waals surface area contributed by atoms with Crippen molar-refractivity contribution >= 4 is 16.1 Å². The molecule has 22 heavy (non-hydrogen) atoms. The van der Waals surface area contributed by atoms with Gasteiger partial charge in [-0.1, -0.05) is 36.3 Å². The summed E-state index contributed by atoms with van der Waals surface area (Å²) in [6.45, 7) is 7.48. The highest BCUT2D eigenvalue weighted by molar-refractivity contribution is 7.89. The van der Waals surface area contributed by atoms with Gasteiger partial charge in [-0.3, -0.25) is 0 Å². The summed E-state index contributed by atoms with van der Waals surface area (Å²) in [5.41, 5.74) is 1.89. The van der Waals surface area contributed by atoms with Crippen LogP contribution in [0.1, 0.15) is 32.8 Å². The van der Waals surface area contributed by atoms with Crippen LogP contribution < -0.4 is 0 Å². The van der Waals surface area contributed by atoms with Gasteiger partial charge in [0.2, 0.25) is 0 Å². The van der Waals surface area contributed by atoms with Crippen LogP contribution in [0.2, 0.25) is 0 Å². The van der Waals surface area contributed by atoms with E-state index in [1.54, 1.807) is 18.2 Å². The van der Waals surface area contributed by atoms with Gasteiger partial charge in [0, 0.05) is 0 Å². The predicted molar refractivity (Wildman–Crippen MR) is 84.0 cm³/mol. The molecule has 1 aliphatic heterocycles. The molecular formula is C16H21NO4S. The fourth-order valence-electron chi connectivity index (χ4n) is 2.45. The van der Waals surface area contributed by atoms with Gasteiger partial charge in [0.05, 0.1) is 4.90 Å². The first kappa shape index (κ1) is 16.5. The van der Waals surface area contributed by atoms with E-state index in [9.17, 15) is 13.2 Å². The average Bonchev–Trinajstić information content (AvgIpc) is 2.75. The molecule has 1 aromatic rings. The second kappa shape index (κ2) is 6.12. The minimum Gasteiger partial charge on any atom is -0.443 e. The van der Waals surface area contributed by atoms with E-state index in [0.717, 1.165) is 15.4 Å². The van der Waals surface area contributed by atoms with Crippen molar-refractivity contribution in [3.8, 4) is 0 Å². The number of cyclic esters (lactones) is 1. The highest BCUT2D eigenvalue weighted by Crippen LogP contribution is 2.30. The van der Waals surface area contributed by atoms with Crippen molar-refractivity contribution in [2.75, 3.05) is 0 Å². The SMILES string of the molecule is CC[C@H]1OC(=O)N(S(=O)(=O)c2ccc(C)cc2)[C@@H]1C=C(C)C. The second-order valence-corrected chi connectivity index (χ2v) is 7.49. The molecule has 0 N–H and O–H groups in total. The molecule has 2 rings (SSSR count). The molecule has 0 saturated carbocycles. The zero-order chi connectivity index (χ0) is 16.5. The van der Waals surface area contributed by atoms with Gasteiger partial charge >= 0.3 is 6.09 Å². The van der Waals surface area contributed by atoms with Gasteiger partial charge in [-0.05, 0) is 39.3 Å². The number of benzene rings is 1. The smallest absolute Gasteiger partial charge is 0.424 e. The van der Waals surface area contributed by atoms with Crippen LogP contribution in [0.4, 0.5) is 4.79 Å². The molecule has 0 aromatic heterocycles. The maximum Gasteiger partial charge on any atom is 0.424 e. The number of aryl methyl sites for hydroxylation is 1. The lowest BCUT2D eigenvalue weighted by Gasteiger charge is -2.21. The molecule has 120 valence electrons. The first-order valence-corrected chi connectivity index (χ1v) is 8.68. The van der Waals surface area contributed by atoms with Gasteiger partial charge in [-0.2, -0.15) is 4.31 Å². The number of hydrogen-bond acceptors (Lipinski definition) is 4. The Morgan fingerprint density at radius 3 is 2.36 bits per heavy atom. The number of sulfonamides is 1.